The lowest BCUT2D eigenvalue weighted by Gasteiger charge is -2.27. The van der Waals surface area contributed by atoms with E-state index >= 15 is 0 Å². The van der Waals surface area contributed by atoms with E-state index in [-0.39, 0.29) is 24.0 Å². The summed E-state index contributed by atoms with van der Waals surface area (Å²) in [4.78, 5) is 50.1. The summed E-state index contributed by atoms with van der Waals surface area (Å²) in [5, 5.41) is 17.5. The topological polar surface area (TPSA) is 134 Å². The number of nitrogens with one attached hydrogen (secondary N) is 3. The van der Waals surface area contributed by atoms with Crippen molar-refractivity contribution in [3.63, 3.8) is 0 Å². The van der Waals surface area contributed by atoms with Crippen LogP contribution >= 0.6 is 0 Å². The normalized spacial score (nSPS) is 14.1. The first-order chi connectivity index (χ1) is 16.2. The van der Waals surface area contributed by atoms with Gasteiger partial charge in [0.25, 0.3) is 0 Å². The lowest BCUT2D eigenvalue weighted by molar-refractivity contribution is -0.131. The van der Waals surface area contributed by atoms with E-state index in [0.29, 0.717) is 19.1 Å². The molecule has 35 heavy (non-hydrogen) atoms. The second-order valence-electron chi connectivity index (χ2n) is 10.6. The molecule has 0 bridgehead atoms. The van der Waals surface area contributed by atoms with Crippen LogP contribution in [0.25, 0.3) is 0 Å². The van der Waals surface area contributed by atoms with Crippen LogP contribution in [-0.4, -0.2) is 53.0 Å². The summed E-state index contributed by atoms with van der Waals surface area (Å²) in [6.07, 6.45) is 0.888. The predicted octanol–water partition coefficient (Wildman–Crippen LogP) is 3.09. The minimum atomic E-state index is -0.889. The number of aldehydes is 1. The predicted molar refractivity (Wildman–Crippen MR) is 134 cm³/mol. The van der Waals surface area contributed by atoms with E-state index in [1.165, 1.54) is 12.1 Å². The van der Waals surface area contributed by atoms with Crippen molar-refractivity contribution < 1.29 is 29.0 Å². The van der Waals surface area contributed by atoms with Crippen LogP contribution in [0.4, 0.5) is 4.79 Å². The smallest absolute Gasteiger partial charge is 0.408 e. The molecule has 0 aromatic heterocycles. The lowest BCUT2D eigenvalue weighted by atomic mass is 9.99. The number of hydrogen-bond acceptors (Lipinski definition) is 6. The zero-order valence-corrected chi connectivity index (χ0v) is 21.9. The molecule has 0 fully saturated rings. The zero-order valence-electron chi connectivity index (χ0n) is 21.9. The molecule has 0 spiro atoms. The average molecular weight is 492 g/mol. The first-order valence-corrected chi connectivity index (χ1v) is 12.0. The largest absolute Gasteiger partial charge is 0.508 e. The molecular weight excluding hydrogens is 450 g/mol. The maximum absolute atomic E-state index is 13.1. The summed E-state index contributed by atoms with van der Waals surface area (Å²) in [7, 11) is 0. The van der Waals surface area contributed by atoms with Gasteiger partial charge in [-0.15, -0.1) is 0 Å². The van der Waals surface area contributed by atoms with Crippen LogP contribution < -0.4 is 16.0 Å². The van der Waals surface area contributed by atoms with Crippen molar-refractivity contribution in [3.05, 3.63) is 29.8 Å². The van der Waals surface area contributed by atoms with E-state index in [2.05, 4.69) is 16.0 Å². The highest BCUT2D eigenvalue weighted by atomic mass is 16.6. The summed E-state index contributed by atoms with van der Waals surface area (Å²) < 4.78 is 5.28. The highest BCUT2D eigenvalue weighted by Crippen LogP contribution is 2.13. The third-order valence-corrected chi connectivity index (χ3v) is 4.94. The van der Waals surface area contributed by atoms with Crippen LogP contribution in [-0.2, 0) is 25.5 Å². The molecule has 0 saturated heterocycles. The van der Waals surface area contributed by atoms with Crippen molar-refractivity contribution in [1.29, 1.82) is 0 Å². The number of rotatable bonds is 12. The van der Waals surface area contributed by atoms with E-state index in [1.807, 2.05) is 27.7 Å². The van der Waals surface area contributed by atoms with Gasteiger partial charge in [0.15, 0.2) is 0 Å². The fourth-order valence-corrected chi connectivity index (χ4v) is 3.43. The number of phenolic OH excluding ortho intramolecular Hbond substituents is 1. The molecule has 1 aromatic carbocycles. The first kappa shape index (κ1) is 29.9. The van der Waals surface area contributed by atoms with Crippen molar-refractivity contribution in [1.82, 2.24) is 16.0 Å². The Labute approximate surface area is 208 Å². The van der Waals surface area contributed by atoms with Gasteiger partial charge in [-0.3, -0.25) is 9.59 Å². The van der Waals surface area contributed by atoms with Crippen molar-refractivity contribution in [2.45, 2.75) is 91.5 Å². The van der Waals surface area contributed by atoms with Crippen LogP contribution in [0, 0.1) is 11.8 Å². The molecule has 4 N–H and O–H groups in total. The van der Waals surface area contributed by atoms with Crippen LogP contribution in [0.3, 0.4) is 0 Å². The molecule has 3 amide bonds. The number of benzene rings is 1. The molecule has 0 radical (unpaired) electrons. The molecule has 0 heterocycles. The molecule has 9 nitrogen and oxygen atoms in total. The third-order valence-electron chi connectivity index (χ3n) is 4.94. The summed E-state index contributed by atoms with van der Waals surface area (Å²) >= 11 is 0. The average Bonchev–Trinajstić information content (AvgIpc) is 2.71. The molecule has 9 heteroatoms. The van der Waals surface area contributed by atoms with Gasteiger partial charge in [-0.1, -0.05) is 39.8 Å². The molecular formula is C26H41N3O6. The summed E-state index contributed by atoms with van der Waals surface area (Å²) in [6, 6.07) is 3.78. The van der Waals surface area contributed by atoms with Crippen LogP contribution in [0.2, 0.25) is 0 Å². The van der Waals surface area contributed by atoms with E-state index in [9.17, 15) is 24.3 Å². The highest BCUT2D eigenvalue weighted by molar-refractivity contribution is 5.92. The van der Waals surface area contributed by atoms with E-state index in [0.717, 1.165) is 5.56 Å². The maximum atomic E-state index is 13.1. The van der Waals surface area contributed by atoms with Gasteiger partial charge in [-0.05, 0) is 69.6 Å². The number of phenols is 1. The quantitative estimate of drug-likeness (QED) is 0.332. The summed E-state index contributed by atoms with van der Waals surface area (Å²) in [5.41, 5.74) is 0.0489. The van der Waals surface area contributed by atoms with Crippen molar-refractivity contribution >= 4 is 24.2 Å². The van der Waals surface area contributed by atoms with Crippen molar-refractivity contribution in [2.75, 3.05) is 0 Å². The van der Waals surface area contributed by atoms with Gasteiger partial charge >= 0.3 is 6.09 Å². The Balaban J connectivity index is 2.94. The maximum Gasteiger partial charge on any atom is 0.408 e. The van der Waals surface area contributed by atoms with Crippen LogP contribution in [0.1, 0.15) is 66.9 Å². The standard InChI is InChI=1S/C26H41N3O6/c1-16(2)12-21(23(32)27-19(15-30)14-18-8-10-20(31)11-9-18)28-24(33)22(13-17(3)4)29-25(34)35-26(5,6)7/h8-11,15-17,19,21-22,31H,12-14H2,1-7H3,(H,27,32)(H,28,33)(H,29,34)/t19-,21-,22-/m0/s1. The number of ether oxygens (including phenoxy) is 1. The Kier molecular flexibility index (Phi) is 11.7. The lowest BCUT2D eigenvalue weighted by Crippen LogP contribution is -2.56. The minimum Gasteiger partial charge on any atom is -0.508 e. The van der Waals surface area contributed by atoms with Crippen molar-refractivity contribution in [2.24, 2.45) is 11.8 Å². The van der Waals surface area contributed by atoms with Crippen LogP contribution in [0.5, 0.6) is 5.75 Å². The zero-order chi connectivity index (χ0) is 26.8. The van der Waals surface area contributed by atoms with Gasteiger partial charge < -0.3 is 30.6 Å². The second-order valence-corrected chi connectivity index (χ2v) is 10.6. The molecule has 0 aliphatic carbocycles. The third kappa shape index (κ3) is 12.2. The van der Waals surface area contributed by atoms with Gasteiger partial charge in [-0.2, -0.15) is 0 Å². The van der Waals surface area contributed by atoms with Gasteiger partial charge in [0, 0.05) is 0 Å². The fraction of sp³-hybridized carbons (Fsp3) is 0.615. The molecule has 0 aliphatic heterocycles. The number of aromatic hydroxyl groups is 1. The number of amides is 3. The van der Waals surface area contributed by atoms with Gasteiger partial charge in [0.1, 0.15) is 29.7 Å². The molecule has 196 valence electrons. The summed E-state index contributed by atoms with van der Waals surface area (Å²) in [6.45, 7) is 12.9. The van der Waals surface area contributed by atoms with E-state index in [1.54, 1.807) is 32.9 Å². The second kappa shape index (κ2) is 13.7. The van der Waals surface area contributed by atoms with Crippen LogP contribution in [0.15, 0.2) is 24.3 Å². The minimum absolute atomic E-state index is 0.0835. The Bertz CT molecular complexity index is 846. The Morgan fingerprint density at radius 3 is 1.83 bits per heavy atom. The molecule has 0 unspecified atom stereocenters. The molecule has 3 atom stereocenters. The fourth-order valence-electron chi connectivity index (χ4n) is 3.43. The molecule has 1 aromatic rings. The molecule has 1 rings (SSSR count). The molecule has 0 saturated carbocycles. The highest BCUT2D eigenvalue weighted by Gasteiger charge is 2.30. The number of carbonyl (C=O) groups is 4. The Hall–Kier alpha value is -3.10. The monoisotopic (exact) mass is 491 g/mol. The number of hydrogen-bond donors (Lipinski definition) is 4. The Morgan fingerprint density at radius 2 is 1.37 bits per heavy atom. The van der Waals surface area contributed by atoms with E-state index < -0.39 is 41.6 Å². The number of carbonyl (C=O) groups excluding carboxylic acids is 4. The van der Waals surface area contributed by atoms with Crippen molar-refractivity contribution in [3.8, 4) is 5.75 Å². The number of alkyl carbamates (subject to hydrolysis) is 1. The molecule has 0 aliphatic rings. The summed E-state index contributed by atoms with van der Waals surface area (Å²) in [5.74, 6) is -0.686. The first-order valence-electron chi connectivity index (χ1n) is 12.0. The Morgan fingerprint density at radius 1 is 0.886 bits per heavy atom. The van der Waals surface area contributed by atoms with E-state index in [4.69, 9.17) is 4.74 Å². The SMILES string of the molecule is CC(C)C[C@H](NC(=O)OC(C)(C)C)C(=O)N[C@@H](CC(C)C)C(=O)N[C@H](C=O)Cc1ccc(O)cc1. The van der Waals surface area contributed by atoms with Gasteiger partial charge in [0.2, 0.25) is 11.8 Å². The van der Waals surface area contributed by atoms with Gasteiger partial charge in [0.05, 0.1) is 6.04 Å². The van der Waals surface area contributed by atoms with Gasteiger partial charge in [-0.25, -0.2) is 4.79 Å².